The number of hydrogen-bond donors (Lipinski definition) is 1. The normalized spacial score (nSPS) is 22.2. The number of sulfonamides is 1. The Morgan fingerprint density at radius 3 is 2.81 bits per heavy atom. The van der Waals surface area contributed by atoms with Gasteiger partial charge in [-0.2, -0.15) is 4.31 Å². The summed E-state index contributed by atoms with van der Waals surface area (Å²) >= 11 is 0. The maximum atomic E-state index is 13.5. The van der Waals surface area contributed by atoms with Crippen molar-refractivity contribution in [2.75, 3.05) is 26.7 Å². The van der Waals surface area contributed by atoms with Gasteiger partial charge in [0.05, 0.1) is 6.61 Å². The van der Waals surface area contributed by atoms with Gasteiger partial charge in [0.25, 0.3) is 0 Å². The Hall–Kier alpha value is -2.26. The van der Waals surface area contributed by atoms with Crippen LogP contribution in [0.4, 0.5) is 0 Å². The Kier molecular flexibility index (Phi) is 8.05. The topological polar surface area (TPSA) is 83.0 Å². The third kappa shape index (κ3) is 5.56. The van der Waals surface area contributed by atoms with Crippen LogP contribution in [0, 0.1) is 5.92 Å². The first-order valence-electron chi connectivity index (χ1n) is 10.9. The average Bonchev–Trinajstić information content (AvgIpc) is 2.76. The van der Waals surface area contributed by atoms with Crippen LogP contribution in [-0.2, 0) is 16.6 Å². The Labute approximate surface area is 191 Å². The molecule has 0 bridgehead atoms. The molecule has 1 aliphatic rings. The molecule has 1 aromatic heterocycles. The van der Waals surface area contributed by atoms with Crippen LogP contribution >= 0.6 is 0 Å². The van der Waals surface area contributed by atoms with Crippen molar-refractivity contribution in [3.05, 3.63) is 59.9 Å². The average molecular weight is 460 g/mol. The van der Waals surface area contributed by atoms with Crippen molar-refractivity contribution in [3.63, 3.8) is 0 Å². The van der Waals surface area contributed by atoms with Crippen molar-refractivity contribution < 1.29 is 18.3 Å². The third-order valence-corrected chi connectivity index (χ3v) is 7.74. The monoisotopic (exact) mass is 459 g/mol. The third-order valence-electron chi connectivity index (χ3n) is 5.72. The Bertz CT molecular complexity index is 1030. The molecule has 2 aromatic rings. The number of aromatic nitrogens is 1. The molecule has 8 heteroatoms. The number of hydrogen-bond acceptors (Lipinski definition) is 6. The van der Waals surface area contributed by atoms with E-state index in [2.05, 4.69) is 9.88 Å². The molecule has 1 N–H and O–H groups in total. The number of ether oxygens (including phenoxy) is 1. The molecular formula is C24H33N3O4S. The van der Waals surface area contributed by atoms with E-state index >= 15 is 0 Å². The van der Waals surface area contributed by atoms with Gasteiger partial charge >= 0.3 is 0 Å². The van der Waals surface area contributed by atoms with Gasteiger partial charge in [0.15, 0.2) is 0 Å². The number of fused-ring (bicyclic) bond motifs is 1. The summed E-state index contributed by atoms with van der Waals surface area (Å²) in [6, 6.07) is 8.57. The van der Waals surface area contributed by atoms with Crippen LogP contribution in [-0.4, -0.2) is 66.6 Å². The van der Waals surface area contributed by atoms with Gasteiger partial charge < -0.3 is 9.84 Å². The van der Waals surface area contributed by atoms with Gasteiger partial charge in [-0.25, -0.2) is 8.42 Å². The fraction of sp³-hybridized carbons (Fsp3) is 0.458. The van der Waals surface area contributed by atoms with Crippen LogP contribution in [0.1, 0.15) is 31.9 Å². The summed E-state index contributed by atoms with van der Waals surface area (Å²) < 4.78 is 34.7. The van der Waals surface area contributed by atoms with Gasteiger partial charge in [0, 0.05) is 44.0 Å². The predicted molar refractivity (Wildman–Crippen MR) is 126 cm³/mol. The van der Waals surface area contributed by atoms with Crippen LogP contribution in [0.15, 0.2) is 53.7 Å². The van der Waals surface area contributed by atoms with E-state index in [0.717, 1.165) is 11.1 Å². The highest BCUT2D eigenvalue weighted by atomic mass is 32.2. The highest BCUT2D eigenvalue weighted by molar-refractivity contribution is 7.89. The highest BCUT2D eigenvalue weighted by Crippen LogP contribution is 2.34. The summed E-state index contributed by atoms with van der Waals surface area (Å²) in [6.45, 7) is 6.99. The molecule has 0 spiro atoms. The molecule has 3 atom stereocenters. The van der Waals surface area contributed by atoms with Crippen LogP contribution < -0.4 is 4.74 Å². The lowest BCUT2D eigenvalue weighted by molar-refractivity contribution is 0.0733. The number of aliphatic hydroxyl groups is 1. The second-order valence-electron chi connectivity index (χ2n) is 8.50. The summed E-state index contributed by atoms with van der Waals surface area (Å²) in [6.07, 6.45) is 7.17. The number of pyridine rings is 1. The summed E-state index contributed by atoms with van der Waals surface area (Å²) in [5.41, 5.74) is 1.97. The van der Waals surface area contributed by atoms with E-state index in [9.17, 15) is 13.5 Å². The summed E-state index contributed by atoms with van der Waals surface area (Å²) in [4.78, 5) is 6.47. The quantitative estimate of drug-likeness (QED) is 0.685. The van der Waals surface area contributed by atoms with Crippen molar-refractivity contribution in [3.8, 4) is 5.75 Å². The van der Waals surface area contributed by atoms with Gasteiger partial charge in [-0.1, -0.05) is 31.2 Å². The summed E-state index contributed by atoms with van der Waals surface area (Å²) in [7, 11) is -1.80. The number of aliphatic hydroxyl groups excluding tert-OH is 1. The van der Waals surface area contributed by atoms with Gasteiger partial charge in [0.1, 0.15) is 16.7 Å². The zero-order valence-electron chi connectivity index (χ0n) is 19.2. The fourth-order valence-corrected chi connectivity index (χ4v) is 5.76. The first-order valence-corrected chi connectivity index (χ1v) is 12.3. The molecule has 0 radical (unpaired) electrons. The lowest BCUT2D eigenvalue weighted by Gasteiger charge is -2.37. The highest BCUT2D eigenvalue weighted by Gasteiger charge is 2.38. The van der Waals surface area contributed by atoms with E-state index in [1.165, 1.54) is 4.31 Å². The zero-order chi connectivity index (χ0) is 23.3. The van der Waals surface area contributed by atoms with E-state index < -0.39 is 16.1 Å². The van der Waals surface area contributed by atoms with Crippen molar-refractivity contribution in [1.29, 1.82) is 0 Å². The fourth-order valence-electron chi connectivity index (χ4n) is 3.93. The first-order chi connectivity index (χ1) is 15.3. The van der Waals surface area contributed by atoms with Gasteiger partial charge in [0.2, 0.25) is 10.0 Å². The summed E-state index contributed by atoms with van der Waals surface area (Å²) in [5.74, 6) is 0.260. The number of likely N-dealkylation sites (N-methyl/N-ethyl adjacent to an activating group) is 1. The van der Waals surface area contributed by atoms with Crippen LogP contribution in [0.2, 0.25) is 0 Å². The molecule has 0 unspecified atom stereocenters. The van der Waals surface area contributed by atoms with E-state index in [0.29, 0.717) is 18.8 Å². The van der Waals surface area contributed by atoms with E-state index in [1.807, 2.05) is 51.4 Å². The maximum absolute atomic E-state index is 13.5. The molecule has 7 nitrogen and oxygen atoms in total. The molecule has 0 saturated heterocycles. The van der Waals surface area contributed by atoms with Crippen molar-refractivity contribution in [2.45, 2.75) is 44.4 Å². The Morgan fingerprint density at radius 2 is 2.16 bits per heavy atom. The second kappa shape index (κ2) is 10.6. The van der Waals surface area contributed by atoms with E-state index in [-0.39, 0.29) is 30.1 Å². The van der Waals surface area contributed by atoms with Crippen LogP contribution in [0.25, 0.3) is 6.08 Å². The molecule has 1 aliphatic heterocycles. The number of nitrogens with zero attached hydrogens (tertiary/aromatic N) is 3. The first kappa shape index (κ1) is 24.4. The van der Waals surface area contributed by atoms with Gasteiger partial charge in [-0.3, -0.25) is 9.88 Å². The van der Waals surface area contributed by atoms with Crippen molar-refractivity contribution >= 4 is 16.1 Å². The molecule has 0 amide bonds. The van der Waals surface area contributed by atoms with Crippen LogP contribution in [0.5, 0.6) is 5.75 Å². The molecule has 0 fully saturated rings. The number of benzene rings is 1. The standard InChI is InChI=1S/C24H33N3O4S/c1-5-7-20-9-10-24-22(12-20)31-23(16-26(4)15-21-8-6-11-25-13-21)18(2)14-27(19(3)17-28)32(24,29)30/h5-13,18-19,23,28H,14-17H2,1-4H3/b7-5+/t18-,19-,23+/m1/s1. The Morgan fingerprint density at radius 1 is 1.38 bits per heavy atom. The Balaban J connectivity index is 1.97. The lowest BCUT2D eigenvalue weighted by atomic mass is 10.0. The minimum absolute atomic E-state index is 0.0892. The number of allylic oxidation sites excluding steroid dienone is 1. The van der Waals surface area contributed by atoms with E-state index in [1.54, 1.807) is 31.3 Å². The molecule has 3 rings (SSSR count). The zero-order valence-corrected chi connectivity index (χ0v) is 20.0. The smallest absolute Gasteiger partial charge is 0.247 e. The van der Waals surface area contributed by atoms with Gasteiger partial charge in [-0.05, 0) is 50.2 Å². The largest absolute Gasteiger partial charge is 0.487 e. The molecular weight excluding hydrogens is 426 g/mol. The molecule has 1 aromatic carbocycles. The summed E-state index contributed by atoms with van der Waals surface area (Å²) in [5, 5.41) is 9.74. The SMILES string of the molecule is C/C=C/c1ccc2c(c1)O[C@@H](CN(C)Cc1cccnc1)[C@H](C)CN([C@H](C)CO)S2(=O)=O. The molecule has 174 valence electrons. The second-order valence-corrected chi connectivity index (χ2v) is 10.4. The van der Waals surface area contributed by atoms with Gasteiger partial charge in [-0.15, -0.1) is 0 Å². The number of rotatable bonds is 7. The van der Waals surface area contributed by atoms with E-state index in [4.69, 9.17) is 4.74 Å². The lowest BCUT2D eigenvalue weighted by Crippen LogP contribution is -2.49. The molecule has 2 heterocycles. The minimum atomic E-state index is -3.82. The molecule has 32 heavy (non-hydrogen) atoms. The van der Waals surface area contributed by atoms with Crippen molar-refractivity contribution in [2.24, 2.45) is 5.92 Å². The molecule has 0 aliphatic carbocycles. The minimum Gasteiger partial charge on any atom is -0.487 e. The predicted octanol–water partition coefficient (Wildman–Crippen LogP) is 3.02. The maximum Gasteiger partial charge on any atom is 0.247 e. The molecule has 0 saturated carbocycles. The van der Waals surface area contributed by atoms with Crippen molar-refractivity contribution in [1.82, 2.24) is 14.2 Å². The van der Waals surface area contributed by atoms with Crippen LogP contribution in [0.3, 0.4) is 0 Å².